The minimum atomic E-state index is -0.547. The summed E-state index contributed by atoms with van der Waals surface area (Å²) in [6.45, 7) is 0.580. The van der Waals surface area contributed by atoms with E-state index in [1.54, 1.807) is 16.6 Å². The predicted octanol–water partition coefficient (Wildman–Crippen LogP) is 1.89. The second-order valence-electron chi connectivity index (χ2n) is 9.16. The maximum absolute atomic E-state index is 13.5. The number of rotatable bonds is 6. The van der Waals surface area contributed by atoms with Gasteiger partial charge >= 0.3 is 0 Å². The van der Waals surface area contributed by atoms with Gasteiger partial charge in [-0.05, 0) is 37.0 Å². The Morgan fingerprint density at radius 2 is 2.03 bits per heavy atom. The first-order valence-corrected chi connectivity index (χ1v) is 10.8. The van der Waals surface area contributed by atoms with E-state index < -0.39 is 17.9 Å². The maximum Gasteiger partial charge on any atom is 0.248 e. The molecule has 0 bridgehead atoms. The van der Waals surface area contributed by atoms with Crippen molar-refractivity contribution >= 4 is 23.6 Å². The molecule has 8 heteroatoms. The lowest BCUT2D eigenvalue weighted by Crippen LogP contribution is -2.49. The van der Waals surface area contributed by atoms with Crippen LogP contribution in [0.1, 0.15) is 64.2 Å². The summed E-state index contributed by atoms with van der Waals surface area (Å²) >= 11 is 0. The van der Waals surface area contributed by atoms with Crippen molar-refractivity contribution in [3.63, 3.8) is 0 Å². The molecule has 0 aromatic carbocycles. The highest BCUT2D eigenvalue weighted by atomic mass is 16.5. The average Bonchev–Trinajstić information content (AvgIpc) is 3.13. The number of hydroxylamine groups is 1. The molecule has 3 N–H and O–H groups in total. The molecule has 1 saturated heterocycles. The molecule has 2 heterocycles. The van der Waals surface area contributed by atoms with Crippen LogP contribution in [-0.2, 0) is 14.4 Å². The molecule has 2 aliphatic heterocycles. The van der Waals surface area contributed by atoms with Crippen LogP contribution in [0.4, 0.5) is 0 Å². The van der Waals surface area contributed by atoms with Crippen molar-refractivity contribution in [3.05, 3.63) is 12.3 Å². The molecule has 0 aromatic rings. The van der Waals surface area contributed by atoms with Crippen LogP contribution in [0.2, 0.25) is 0 Å². The molecule has 29 heavy (non-hydrogen) atoms. The van der Waals surface area contributed by atoms with Crippen molar-refractivity contribution in [2.75, 3.05) is 6.54 Å². The van der Waals surface area contributed by atoms with Crippen molar-refractivity contribution in [1.82, 2.24) is 15.7 Å². The molecule has 0 unspecified atom stereocenters. The molecule has 4 rings (SSSR count). The van der Waals surface area contributed by atoms with Crippen LogP contribution in [0.5, 0.6) is 0 Å². The zero-order chi connectivity index (χ0) is 20.4. The highest BCUT2D eigenvalue weighted by Crippen LogP contribution is 2.55. The smallest absolute Gasteiger partial charge is 0.248 e. The first-order chi connectivity index (χ1) is 14.0. The van der Waals surface area contributed by atoms with Gasteiger partial charge in [0.05, 0.1) is 0 Å². The summed E-state index contributed by atoms with van der Waals surface area (Å²) in [5.74, 6) is -0.318. The van der Waals surface area contributed by atoms with Crippen LogP contribution in [-0.4, -0.2) is 46.3 Å². The quantitative estimate of drug-likeness (QED) is 0.465. The third kappa shape index (κ3) is 4.52. The number of hydrogen-bond acceptors (Lipinski definition) is 5. The number of nitrogens with one attached hydrogen (secondary N) is 2. The SMILES string of the molecule is O=C(C[C@@H](CC1CCCC1)C(=O)N1CC2(CC2)C[C@H]1C(=O)NC1=NC=CC1)NO. The lowest BCUT2D eigenvalue weighted by atomic mass is 9.89. The van der Waals surface area contributed by atoms with Gasteiger partial charge in [0.2, 0.25) is 17.7 Å². The summed E-state index contributed by atoms with van der Waals surface area (Å²) in [6, 6.07) is -0.517. The van der Waals surface area contributed by atoms with Gasteiger partial charge in [0.15, 0.2) is 0 Å². The molecule has 0 aromatic heterocycles. The van der Waals surface area contributed by atoms with E-state index in [4.69, 9.17) is 5.21 Å². The van der Waals surface area contributed by atoms with E-state index in [9.17, 15) is 14.4 Å². The van der Waals surface area contributed by atoms with E-state index in [1.807, 2.05) is 6.08 Å². The van der Waals surface area contributed by atoms with E-state index in [2.05, 4.69) is 10.3 Å². The molecule has 3 fully saturated rings. The fraction of sp³-hybridized carbons (Fsp3) is 0.714. The Morgan fingerprint density at radius 1 is 1.28 bits per heavy atom. The first kappa shape index (κ1) is 20.1. The number of carbonyl (C=O) groups excluding carboxylic acids is 3. The molecule has 1 spiro atoms. The lowest BCUT2D eigenvalue weighted by Gasteiger charge is -2.29. The maximum atomic E-state index is 13.5. The summed E-state index contributed by atoms with van der Waals surface area (Å²) in [6.07, 6.45) is 11.9. The Labute approximate surface area is 170 Å². The molecule has 0 radical (unpaired) electrons. The zero-order valence-corrected chi connectivity index (χ0v) is 16.7. The summed E-state index contributed by atoms with van der Waals surface area (Å²) in [5.41, 5.74) is 1.73. The minimum Gasteiger partial charge on any atom is -0.330 e. The van der Waals surface area contributed by atoms with Gasteiger partial charge in [0.1, 0.15) is 11.9 Å². The van der Waals surface area contributed by atoms with E-state index >= 15 is 0 Å². The van der Waals surface area contributed by atoms with Crippen molar-refractivity contribution < 1.29 is 19.6 Å². The Hall–Kier alpha value is -2.22. The normalized spacial score (nSPS) is 25.9. The molecular weight excluding hydrogens is 372 g/mol. The van der Waals surface area contributed by atoms with Gasteiger partial charge in [-0.2, -0.15) is 0 Å². The fourth-order valence-corrected chi connectivity index (χ4v) is 5.15. The highest BCUT2D eigenvalue weighted by Gasteiger charge is 2.55. The molecule has 2 saturated carbocycles. The topological polar surface area (TPSA) is 111 Å². The van der Waals surface area contributed by atoms with Crippen molar-refractivity contribution in [2.45, 2.75) is 70.3 Å². The second-order valence-corrected chi connectivity index (χ2v) is 9.16. The number of amides is 3. The zero-order valence-electron chi connectivity index (χ0n) is 16.7. The molecular formula is C21H30N4O4. The number of carbonyl (C=O) groups is 3. The van der Waals surface area contributed by atoms with Gasteiger partial charge in [0.25, 0.3) is 0 Å². The first-order valence-electron chi connectivity index (χ1n) is 10.8. The summed E-state index contributed by atoms with van der Waals surface area (Å²) in [4.78, 5) is 44.2. The van der Waals surface area contributed by atoms with Gasteiger partial charge in [-0.1, -0.05) is 31.8 Å². The van der Waals surface area contributed by atoms with Gasteiger partial charge < -0.3 is 10.2 Å². The predicted molar refractivity (Wildman–Crippen MR) is 106 cm³/mol. The van der Waals surface area contributed by atoms with Crippen LogP contribution < -0.4 is 10.8 Å². The van der Waals surface area contributed by atoms with Crippen molar-refractivity contribution in [2.24, 2.45) is 22.2 Å². The molecule has 4 aliphatic rings. The average molecular weight is 402 g/mol. The van der Waals surface area contributed by atoms with E-state index in [0.29, 0.717) is 37.6 Å². The molecule has 2 aliphatic carbocycles. The van der Waals surface area contributed by atoms with E-state index in [-0.39, 0.29) is 23.7 Å². The van der Waals surface area contributed by atoms with Gasteiger partial charge in [-0.25, -0.2) is 10.5 Å². The standard InChI is InChI=1S/C21H30N4O4/c26-18(24-29)11-15(10-14-4-1-2-5-14)20(28)25-13-21(7-8-21)12-16(25)19(27)23-17-6-3-9-22-17/h3,9,14-16,29H,1-2,4-8,10-13H2,(H,24,26)(H,22,23,27)/t15-,16+/m1/s1. The summed E-state index contributed by atoms with van der Waals surface area (Å²) < 4.78 is 0. The summed E-state index contributed by atoms with van der Waals surface area (Å²) in [7, 11) is 0. The Bertz CT molecular complexity index is 737. The van der Waals surface area contributed by atoms with Gasteiger partial charge in [-0.15, -0.1) is 0 Å². The Kier molecular flexibility index (Phi) is 5.72. The van der Waals surface area contributed by atoms with E-state index in [0.717, 1.165) is 38.5 Å². The monoisotopic (exact) mass is 402 g/mol. The van der Waals surface area contributed by atoms with Crippen molar-refractivity contribution in [3.8, 4) is 0 Å². The van der Waals surface area contributed by atoms with E-state index in [1.165, 1.54) is 0 Å². The lowest BCUT2D eigenvalue weighted by molar-refractivity contribution is -0.144. The number of amidine groups is 1. The number of likely N-dealkylation sites (tertiary alicyclic amines) is 1. The number of aliphatic imine (C=N–C) groups is 1. The van der Waals surface area contributed by atoms with Crippen LogP contribution in [0.3, 0.4) is 0 Å². The third-order valence-corrected chi connectivity index (χ3v) is 6.96. The van der Waals surface area contributed by atoms with Crippen LogP contribution in [0.25, 0.3) is 0 Å². The van der Waals surface area contributed by atoms with Crippen LogP contribution >= 0.6 is 0 Å². The molecule has 2 atom stereocenters. The molecule has 8 nitrogen and oxygen atoms in total. The Balaban J connectivity index is 1.48. The minimum absolute atomic E-state index is 0.0414. The molecule has 3 amide bonds. The second kappa shape index (κ2) is 8.26. The fourth-order valence-electron chi connectivity index (χ4n) is 5.15. The van der Waals surface area contributed by atoms with Crippen LogP contribution in [0, 0.1) is 17.3 Å². The summed E-state index contributed by atoms with van der Waals surface area (Å²) in [5, 5.41) is 11.8. The number of hydrogen-bond donors (Lipinski definition) is 3. The molecule has 158 valence electrons. The third-order valence-electron chi connectivity index (χ3n) is 6.96. The van der Waals surface area contributed by atoms with Crippen molar-refractivity contribution in [1.29, 1.82) is 0 Å². The van der Waals surface area contributed by atoms with Gasteiger partial charge in [-0.3, -0.25) is 19.6 Å². The largest absolute Gasteiger partial charge is 0.330 e. The van der Waals surface area contributed by atoms with Gasteiger partial charge in [0, 0.05) is 31.5 Å². The highest BCUT2D eigenvalue weighted by molar-refractivity contribution is 6.03. The van der Waals surface area contributed by atoms with Crippen LogP contribution in [0.15, 0.2) is 17.3 Å². The Morgan fingerprint density at radius 3 is 2.66 bits per heavy atom. The number of nitrogens with zero attached hydrogens (tertiary/aromatic N) is 2.